The Kier molecular flexibility index (Phi) is 4.57. The summed E-state index contributed by atoms with van der Waals surface area (Å²) in [5, 5.41) is 7.57. The van der Waals surface area contributed by atoms with Crippen LogP contribution in [-0.4, -0.2) is 32.5 Å². The van der Waals surface area contributed by atoms with E-state index < -0.39 is 5.92 Å². The molecular weight excluding hydrogens is 376 g/mol. The smallest absolute Gasteiger partial charge is 0.248 e. The molecule has 2 aliphatic carbocycles. The van der Waals surface area contributed by atoms with Gasteiger partial charge < -0.3 is 11.1 Å². The molecule has 8 heteroatoms. The van der Waals surface area contributed by atoms with Crippen molar-refractivity contribution in [2.75, 3.05) is 0 Å². The Bertz CT molecular complexity index is 915. The third kappa shape index (κ3) is 3.86. The first-order valence-electron chi connectivity index (χ1n) is 10.7. The van der Waals surface area contributed by atoms with E-state index in [0.717, 1.165) is 12.0 Å². The standard InChI is InChI=1S/C21H27F2N5O/c22-21(23)5-3-14(4-6-21)19(24)17-11-28-18(26-17)8-12(10-25-28)7-15-9-16(13-1-2-13)27-20(15)29/h8,10-11,13-16,19H,1-7,9,24H2,(H,27,29)/t15?,16-,19-/m0/s1. The normalized spacial score (nSPS) is 28.6. The predicted octanol–water partition coefficient (Wildman–Crippen LogP) is 3.01. The Labute approximate surface area is 168 Å². The molecule has 3 atom stereocenters. The summed E-state index contributed by atoms with van der Waals surface area (Å²) in [4.78, 5) is 16.9. The summed E-state index contributed by atoms with van der Waals surface area (Å²) in [6.07, 6.45) is 8.20. The molecule has 1 aliphatic heterocycles. The quantitative estimate of drug-likeness (QED) is 0.804. The zero-order valence-electron chi connectivity index (χ0n) is 16.4. The maximum atomic E-state index is 13.4. The fraction of sp³-hybridized carbons (Fsp3) is 0.667. The van der Waals surface area contributed by atoms with Crippen molar-refractivity contribution < 1.29 is 13.6 Å². The molecule has 0 aromatic carbocycles. The number of carbonyl (C=O) groups is 1. The minimum Gasteiger partial charge on any atom is -0.353 e. The second-order valence-corrected chi connectivity index (χ2v) is 9.14. The van der Waals surface area contributed by atoms with Gasteiger partial charge >= 0.3 is 0 Å². The van der Waals surface area contributed by atoms with E-state index in [9.17, 15) is 13.6 Å². The number of hydrogen-bond acceptors (Lipinski definition) is 4. The number of halogens is 2. The van der Waals surface area contributed by atoms with Gasteiger partial charge in [0.1, 0.15) is 0 Å². The molecule has 2 saturated carbocycles. The molecule has 156 valence electrons. The molecule has 1 unspecified atom stereocenters. The van der Waals surface area contributed by atoms with Gasteiger partial charge in [-0.25, -0.2) is 18.3 Å². The molecule has 1 amide bonds. The molecule has 6 nitrogen and oxygen atoms in total. The van der Waals surface area contributed by atoms with Crippen LogP contribution < -0.4 is 11.1 Å². The second-order valence-electron chi connectivity index (χ2n) is 9.14. The molecule has 0 bridgehead atoms. The van der Waals surface area contributed by atoms with E-state index in [0.29, 0.717) is 42.6 Å². The predicted molar refractivity (Wildman–Crippen MR) is 103 cm³/mol. The van der Waals surface area contributed by atoms with Gasteiger partial charge in [0.2, 0.25) is 11.8 Å². The highest BCUT2D eigenvalue weighted by Gasteiger charge is 2.41. The lowest BCUT2D eigenvalue weighted by atomic mass is 9.81. The highest BCUT2D eigenvalue weighted by atomic mass is 19.3. The number of carbonyl (C=O) groups excluding carboxylic acids is 1. The number of aromatic nitrogens is 3. The monoisotopic (exact) mass is 403 g/mol. The van der Waals surface area contributed by atoms with Crippen LogP contribution in [0.2, 0.25) is 0 Å². The molecule has 0 radical (unpaired) electrons. The number of imidazole rings is 1. The third-order valence-electron chi connectivity index (χ3n) is 6.92. The maximum absolute atomic E-state index is 13.4. The van der Waals surface area contributed by atoms with Crippen LogP contribution in [-0.2, 0) is 11.2 Å². The van der Waals surface area contributed by atoms with Gasteiger partial charge in [-0.05, 0) is 62.0 Å². The van der Waals surface area contributed by atoms with Crippen LogP contribution >= 0.6 is 0 Å². The lowest BCUT2D eigenvalue weighted by molar-refractivity contribution is -0.122. The lowest BCUT2D eigenvalue weighted by Gasteiger charge is -2.31. The average Bonchev–Trinajstić information content (AvgIpc) is 3.35. The molecule has 3 heterocycles. The topological polar surface area (TPSA) is 85.3 Å². The van der Waals surface area contributed by atoms with E-state index in [4.69, 9.17) is 5.73 Å². The first-order valence-corrected chi connectivity index (χ1v) is 10.7. The summed E-state index contributed by atoms with van der Waals surface area (Å²) in [5.41, 5.74) is 8.72. The van der Waals surface area contributed by atoms with Crippen molar-refractivity contribution in [3.63, 3.8) is 0 Å². The average molecular weight is 403 g/mol. The minimum atomic E-state index is -2.56. The van der Waals surface area contributed by atoms with Crippen molar-refractivity contribution in [1.82, 2.24) is 19.9 Å². The number of nitrogens with zero attached hydrogens (tertiary/aromatic N) is 3. The fourth-order valence-corrected chi connectivity index (χ4v) is 4.91. The zero-order chi connectivity index (χ0) is 20.2. The van der Waals surface area contributed by atoms with E-state index in [-0.39, 0.29) is 36.6 Å². The van der Waals surface area contributed by atoms with Crippen molar-refractivity contribution in [3.05, 3.63) is 29.7 Å². The van der Waals surface area contributed by atoms with Gasteiger partial charge in [-0.15, -0.1) is 0 Å². The summed E-state index contributed by atoms with van der Waals surface area (Å²) < 4.78 is 28.5. The SMILES string of the molecule is N[C@H](c1cn2ncc(CC3C[C@@H](C4CC4)NC3=O)cc2n1)C1CCC(F)(F)CC1. The Morgan fingerprint density at radius 3 is 2.76 bits per heavy atom. The van der Waals surface area contributed by atoms with Crippen LogP contribution in [0.15, 0.2) is 18.5 Å². The van der Waals surface area contributed by atoms with E-state index in [1.165, 1.54) is 12.8 Å². The van der Waals surface area contributed by atoms with Crippen LogP contribution in [0, 0.1) is 17.8 Å². The number of rotatable bonds is 5. The van der Waals surface area contributed by atoms with Gasteiger partial charge in [-0.2, -0.15) is 5.10 Å². The van der Waals surface area contributed by atoms with Crippen LogP contribution in [0.25, 0.3) is 5.65 Å². The summed E-state index contributed by atoms with van der Waals surface area (Å²) in [5.74, 6) is -1.75. The van der Waals surface area contributed by atoms with Crippen LogP contribution in [0.5, 0.6) is 0 Å². The number of hydrogen-bond donors (Lipinski definition) is 2. The van der Waals surface area contributed by atoms with Gasteiger partial charge in [-0.1, -0.05) is 0 Å². The minimum absolute atomic E-state index is 0.00885. The fourth-order valence-electron chi connectivity index (χ4n) is 4.91. The number of amides is 1. The second kappa shape index (κ2) is 7.00. The Morgan fingerprint density at radius 1 is 1.28 bits per heavy atom. The summed E-state index contributed by atoms with van der Waals surface area (Å²) in [6.45, 7) is 0. The van der Waals surface area contributed by atoms with Crippen molar-refractivity contribution in [3.8, 4) is 0 Å². The Morgan fingerprint density at radius 2 is 2.03 bits per heavy atom. The molecule has 3 aliphatic rings. The number of nitrogens with two attached hydrogens (primary N) is 1. The van der Waals surface area contributed by atoms with Crippen LogP contribution in [0.1, 0.15) is 62.2 Å². The lowest BCUT2D eigenvalue weighted by Crippen LogP contribution is -2.31. The van der Waals surface area contributed by atoms with E-state index >= 15 is 0 Å². The summed E-state index contributed by atoms with van der Waals surface area (Å²) in [7, 11) is 0. The van der Waals surface area contributed by atoms with Crippen LogP contribution in [0.4, 0.5) is 8.78 Å². The zero-order valence-corrected chi connectivity index (χ0v) is 16.4. The number of nitrogens with one attached hydrogen (secondary N) is 1. The van der Waals surface area contributed by atoms with Gasteiger partial charge in [0.25, 0.3) is 0 Å². The van der Waals surface area contributed by atoms with E-state index in [1.807, 2.05) is 6.07 Å². The molecule has 2 aromatic rings. The number of fused-ring (bicyclic) bond motifs is 1. The maximum Gasteiger partial charge on any atom is 0.248 e. The molecule has 5 rings (SSSR count). The number of alkyl halides is 2. The molecular formula is C21H27F2N5O. The highest BCUT2D eigenvalue weighted by Crippen LogP contribution is 2.40. The van der Waals surface area contributed by atoms with E-state index in [1.54, 1.807) is 16.9 Å². The Balaban J connectivity index is 1.28. The third-order valence-corrected chi connectivity index (χ3v) is 6.92. The summed E-state index contributed by atoms with van der Waals surface area (Å²) in [6, 6.07) is 1.93. The first kappa shape index (κ1) is 18.9. The molecule has 3 N–H and O–H groups in total. The molecule has 29 heavy (non-hydrogen) atoms. The van der Waals surface area contributed by atoms with Gasteiger partial charge in [0, 0.05) is 24.8 Å². The van der Waals surface area contributed by atoms with E-state index in [2.05, 4.69) is 15.4 Å². The first-order chi connectivity index (χ1) is 13.9. The molecule has 3 fully saturated rings. The van der Waals surface area contributed by atoms with Gasteiger partial charge in [-0.3, -0.25) is 4.79 Å². The highest BCUT2D eigenvalue weighted by molar-refractivity contribution is 5.81. The Hall–Kier alpha value is -2.09. The largest absolute Gasteiger partial charge is 0.353 e. The van der Waals surface area contributed by atoms with Crippen molar-refractivity contribution in [2.45, 2.75) is 69.4 Å². The van der Waals surface area contributed by atoms with Crippen LogP contribution in [0.3, 0.4) is 0 Å². The van der Waals surface area contributed by atoms with Crippen molar-refractivity contribution in [2.24, 2.45) is 23.5 Å². The molecule has 0 spiro atoms. The molecule has 1 saturated heterocycles. The van der Waals surface area contributed by atoms with Gasteiger partial charge in [0.05, 0.1) is 24.1 Å². The molecule has 2 aromatic heterocycles. The summed E-state index contributed by atoms with van der Waals surface area (Å²) >= 11 is 0. The van der Waals surface area contributed by atoms with Crippen molar-refractivity contribution >= 4 is 11.6 Å². The van der Waals surface area contributed by atoms with Gasteiger partial charge in [0.15, 0.2) is 5.65 Å². The van der Waals surface area contributed by atoms with Crippen molar-refractivity contribution in [1.29, 1.82) is 0 Å².